The molecule has 0 amide bonds. The molecule has 1 aliphatic carbocycles. The molecule has 0 heterocycles. The number of nitrogens with two attached hydrogens (primary N) is 1. The standard InChI is InChI=1S/C11H13BrFNO/c1-6-5-7(12)10(15-2)8(9(6)13)11(14)3-4-11/h5H,3-4,14H2,1-2H3. The maximum absolute atomic E-state index is 14.0. The van der Waals surface area contributed by atoms with Gasteiger partial charge in [-0.25, -0.2) is 4.39 Å². The molecule has 1 aromatic rings. The summed E-state index contributed by atoms with van der Waals surface area (Å²) >= 11 is 3.37. The first-order valence-electron chi connectivity index (χ1n) is 4.81. The molecule has 4 heteroatoms. The Bertz CT molecular complexity index is 416. The molecule has 0 spiro atoms. The van der Waals surface area contributed by atoms with Crippen LogP contribution in [0.25, 0.3) is 0 Å². The Balaban J connectivity index is 2.68. The molecule has 1 saturated carbocycles. The molecular formula is C11H13BrFNO. The fourth-order valence-corrected chi connectivity index (χ4v) is 2.47. The van der Waals surface area contributed by atoms with Gasteiger partial charge >= 0.3 is 0 Å². The second-order valence-electron chi connectivity index (χ2n) is 4.05. The van der Waals surface area contributed by atoms with E-state index in [9.17, 15) is 4.39 Å². The van der Waals surface area contributed by atoms with Crippen LogP contribution in [0, 0.1) is 12.7 Å². The summed E-state index contributed by atoms with van der Waals surface area (Å²) in [6, 6.07) is 1.71. The Hall–Kier alpha value is -0.610. The van der Waals surface area contributed by atoms with E-state index in [0.29, 0.717) is 16.9 Å². The van der Waals surface area contributed by atoms with Crippen LogP contribution in [0.3, 0.4) is 0 Å². The topological polar surface area (TPSA) is 35.2 Å². The average Bonchev–Trinajstić information content (AvgIpc) is 2.90. The van der Waals surface area contributed by atoms with Gasteiger partial charge < -0.3 is 10.5 Å². The van der Waals surface area contributed by atoms with E-state index in [1.165, 1.54) is 7.11 Å². The SMILES string of the molecule is COc1c(Br)cc(C)c(F)c1C1(N)CC1. The maximum atomic E-state index is 14.0. The highest BCUT2D eigenvalue weighted by Gasteiger charge is 2.45. The number of hydrogen-bond acceptors (Lipinski definition) is 2. The van der Waals surface area contributed by atoms with Crippen LogP contribution in [-0.2, 0) is 5.54 Å². The van der Waals surface area contributed by atoms with Gasteiger partial charge in [0.15, 0.2) is 0 Å². The molecular weight excluding hydrogens is 261 g/mol. The van der Waals surface area contributed by atoms with Gasteiger partial charge in [-0.2, -0.15) is 0 Å². The van der Waals surface area contributed by atoms with E-state index in [1.807, 2.05) is 0 Å². The first kappa shape index (κ1) is 10.9. The molecule has 1 aliphatic rings. The Morgan fingerprint density at radius 3 is 2.60 bits per heavy atom. The second-order valence-corrected chi connectivity index (χ2v) is 4.91. The molecule has 0 atom stereocenters. The van der Waals surface area contributed by atoms with Gasteiger partial charge in [-0.15, -0.1) is 0 Å². The van der Waals surface area contributed by atoms with E-state index in [1.54, 1.807) is 13.0 Å². The molecule has 2 rings (SSSR count). The van der Waals surface area contributed by atoms with Crippen molar-refractivity contribution >= 4 is 15.9 Å². The van der Waals surface area contributed by atoms with Gasteiger partial charge in [0.2, 0.25) is 0 Å². The molecule has 2 nitrogen and oxygen atoms in total. The van der Waals surface area contributed by atoms with Gasteiger partial charge in [0.1, 0.15) is 11.6 Å². The molecule has 1 aromatic carbocycles. The maximum Gasteiger partial charge on any atom is 0.141 e. The molecule has 1 fully saturated rings. The number of halogens is 2. The minimum atomic E-state index is -0.524. The highest BCUT2D eigenvalue weighted by Crippen LogP contribution is 2.50. The monoisotopic (exact) mass is 273 g/mol. The van der Waals surface area contributed by atoms with E-state index < -0.39 is 5.54 Å². The predicted molar refractivity (Wildman–Crippen MR) is 60.5 cm³/mol. The van der Waals surface area contributed by atoms with Crippen LogP contribution in [0.5, 0.6) is 5.75 Å². The Kier molecular flexibility index (Phi) is 2.51. The van der Waals surface area contributed by atoms with Gasteiger partial charge in [0, 0.05) is 5.54 Å². The lowest BCUT2D eigenvalue weighted by atomic mass is 10.0. The summed E-state index contributed by atoms with van der Waals surface area (Å²) in [7, 11) is 1.53. The molecule has 15 heavy (non-hydrogen) atoms. The first-order valence-corrected chi connectivity index (χ1v) is 5.61. The summed E-state index contributed by atoms with van der Waals surface area (Å²) in [5.41, 5.74) is 6.62. The van der Waals surface area contributed by atoms with Gasteiger partial charge in [0.05, 0.1) is 17.1 Å². The van der Waals surface area contributed by atoms with Crippen LogP contribution in [0.15, 0.2) is 10.5 Å². The zero-order valence-electron chi connectivity index (χ0n) is 8.73. The lowest BCUT2D eigenvalue weighted by molar-refractivity contribution is 0.394. The van der Waals surface area contributed by atoms with E-state index >= 15 is 0 Å². The average molecular weight is 274 g/mol. The predicted octanol–water partition coefficient (Wildman–Crippen LogP) is 2.85. The molecule has 0 aliphatic heterocycles. The molecule has 82 valence electrons. The van der Waals surface area contributed by atoms with Crippen molar-refractivity contribution in [1.82, 2.24) is 0 Å². The van der Waals surface area contributed by atoms with Crippen LogP contribution in [0.2, 0.25) is 0 Å². The van der Waals surface area contributed by atoms with Crippen molar-refractivity contribution in [2.75, 3.05) is 7.11 Å². The van der Waals surface area contributed by atoms with Crippen LogP contribution < -0.4 is 10.5 Å². The lowest BCUT2D eigenvalue weighted by Gasteiger charge is -2.18. The first-order chi connectivity index (χ1) is 6.99. The molecule has 0 bridgehead atoms. The summed E-state index contributed by atoms with van der Waals surface area (Å²) in [4.78, 5) is 0. The van der Waals surface area contributed by atoms with Crippen LogP contribution in [0.4, 0.5) is 4.39 Å². The number of ether oxygens (including phenoxy) is 1. The molecule has 0 saturated heterocycles. The molecule has 0 aromatic heterocycles. The van der Waals surface area contributed by atoms with Gasteiger partial charge in [-0.05, 0) is 47.3 Å². The highest BCUT2D eigenvalue weighted by molar-refractivity contribution is 9.10. The van der Waals surface area contributed by atoms with Crippen molar-refractivity contribution in [3.8, 4) is 5.75 Å². The van der Waals surface area contributed by atoms with E-state index in [-0.39, 0.29) is 5.82 Å². The van der Waals surface area contributed by atoms with E-state index in [0.717, 1.165) is 17.3 Å². The third kappa shape index (κ3) is 1.66. The van der Waals surface area contributed by atoms with Crippen LogP contribution >= 0.6 is 15.9 Å². The number of aryl methyl sites for hydroxylation is 1. The molecule has 0 unspecified atom stereocenters. The minimum absolute atomic E-state index is 0.241. The van der Waals surface area contributed by atoms with Crippen molar-refractivity contribution < 1.29 is 9.13 Å². The Morgan fingerprint density at radius 2 is 2.13 bits per heavy atom. The van der Waals surface area contributed by atoms with Gasteiger partial charge in [-0.1, -0.05) is 0 Å². The molecule has 2 N–H and O–H groups in total. The van der Waals surface area contributed by atoms with Gasteiger partial charge in [0.25, 0.3) is 0 Å². The largest absolute Gasteiger partial charge is 0.495 e. The minimum Gasteiger partial charge on any atom is -0.495 e. The normalized spacial score (nSPS) is 17.7. The Morgan fingerprint density at radius 1 is 1.53 bits per heavy atom. The van der Waals surface area contributed by atoms with Crippen molar-refractivity contribution in [2.45, 2.75) is 25.3 Å². The lowest BCUT2D eigenvalue weighted by Crippen LogP contribution is -2.22. The zero-order chi connectivity index (χ0) is 11.2. The summed E-state index contributed by atoms with van der Waals surface area (Å²) in [6.07, 6.45) is 1.63. The van der Waals surface area contributed by atoms with Crippen molar-refractivity contribution in [2.24, 2.45) is 5.73 Å². The quantitative estimate of drug-likeness (QED) is 0.900. The van der Waals surface area contributed by atoms with Crippen molar-refractivity contribution in [1.29, 1.82) is 0 Å². The van der Waals surface area contributed by atoms with Gasteiger partial charge in [-0.3, -0.25) is 0 Å². The summed E-state index contributed by atoms with van der Waals surface area (Å²) < 4.78 is 20.0. The number of hydrogen-bond donors (Lipinski definition) is 1. The van der Waals surface area contributed by atoms with E-state index in [2.05, 4.69) is 15.9 Å². The van der Waals surface area contributed by atoms with E-state index in [4.69, 9.17) is 10.5 Å². The molecule has 0 radical (unpaired) electrons. The van der Waals surface area contributed by atoms with Crippen molar-refractivity contribution in [3.05, 3.63) is 27.5 Å². The number of benzene rings is 1. The smallest absolute Gasteiger partial charge is 0.141 e. The zero-order valence-corrected chi connectivity index (χ0v) is 10.3. The third-order valence-corrected chi connectivity index (χ3v) is 3.43. The number of methoxy groups -OCH3 is 1. The van der Waals surface area contributed by atoms with Crippen LogP contribution in [0.1, 0.15) is 24.0 Å². The highest BCUT2D eigenvalue weighted by atomic mass is 79.9. The number of rotatable bonds is 2. The third-order valence-electron chi connectivity index (χ3n) is 2.84. The summed E-state index contributed by atoms with van der Waals surface area (Å²) in [5, 5.41) is 0. The second kappa shape index (κ2) is 3.46. The summed E-state index contributed by atoms with van der Waals surface area (Å²) in [6.45, 7) is 1.73. The van der Waals surface area contributed by atoms with Crippen molar-refractivity contribution in [3.63, 3.8) is 0 Å². The fourth-order valence-electron chi connectivity index (χ4n) is 1.76. The summed E-state index contributed by atoms with van der Waals surface area (Å²) in [5.74, 6) is 0.285. The van der Waals surface area contributed by atoms with Crippen LogP contribution in [-0.4, -0.2) is 7.11 Å². The fraction of sp³-hybridized carbons (Fsp3) is 0.455. The Labute approximate surface area is 96.7 Å².